The van der Waals surface area contributed by atoms with E-state index in [-0.39, 0.29) is 6.04 Å². The zero-order valence-electron chi connectivity index (χ0n) is 13.3. The van der Waals surface area contributed by atoms with Crippen LogP contribution in [0, 0.1) is 0 Å². The maximum absolute atomic E-state index is 11.7. The number of hydrogen-bond donors (Lipinski definition) is 2. The summed E-state index contributed by atoms with van der Waals surface area (Å²) in [5, 5.41) is 2.82. The van der Waals surface area contributed by atoms with Gasteiger partial charge in [-0.3, -0.25) is 5.32 Å². The summed E-state index contributed by atoms with van der Waals surface area (Å²) >= 11 is 0. The monoisotopic (exact) mass is 310 g/mol. The van der Waals surface area contributed by atoms with Crippen LogP contribution in [0.15, 0.2) is 42.5 Å². The van der Waals surface area contributed by atoms with E-state index in [4.69, 9.17) is 10.5 Å². The van der Waals surface area contributed by atoms with E-state index >= 15 is 0 Å². The predicted octanol–water partition coefficient (Wildman–Crippen LogP) is 3.79. The standard InChI is InChI=1S/C19H22N2O2/c1-23-19(22)21-17-12-15-10-6-5-9-14(15)11-16(17)18(20)13-7-3-2-4-8-13/h2-4,7-8,11-12,18H,5-6,9-10,20H2,1H3,(H,21,22). The summed E-state index contributed by atoms with van der Waals surface area (Å²) in [6.45, 7) is 0. The van der Waals surface area contributed by atoms with Gasteiger partial charge in [-0.1, -0.05) is 36.4 Å². The van der Waals surface area contributed by atoms with Gasteiger partial charge < -0.3 is 10.5 Å². The molecule has 0 saturated carbocycles. The zero-order valence-corrected chi connectivity index (χ0v) is 13.3. The Hall–Kier alpha value is -2.33. The van der Waals surface area contributed by atoms with Crippen molar-refractivity contribution in [2.45, 2.75) is 31.7 Å². The molecule has 0 aliphatic heterocycles. The van der Waals surface area contributed by atoms with Crippen LogP contribution in [0.4, 0.5) is 10.5 Å². The number of nitrogens with two attached hydrogens (primary N) is 1. The quantitative estimate of drug-likeness (QED) is 0.906. The molecule has 1 amide bonds. The molecule has 4 heteroatoms. The molecule has 0 saturated heterocycles. The van der Waals surface area contributed by atoms with Gasteiger partial charge in [0.15, 0.2) is 0 Å². The molecule has 0 fully saturated rings. The van der Waals surface area contributed by atoms with Gasteiger partial charge in [0.25, 0.3) is 0 Å². The first kappa shape index (κ1) is 15.6. The first-order chi connectivity index (χ1) is 11.2. The Bertz CT molecular complexity index is 698. The molecule has 23 heavy (non-hydrogen) atoms. The third-order valence-corrected chi connectivity index (χ3v) is 4.43. The van der Waals surface area contributed by atoms with E-state index in [0.717, 1.165) is 29.7 Å². The molecule has 1 atom stereocenters. The number of amides is 1. The number of carbonyl (C=O) groups is 1. The number of anilines is 1. The van der Waals surface area contributed by atoms with Crippen LogP contribution < -0.4 is 11.1 Å². The molecule has 120 valence electrons. The van der Waals surface area contributed by atoms with Crippen molar-refractivity contribution < 1.29 is 9.53 Å². The number of carbonyl (C=O) groups excluding carboxylic acids is 1. The predicted molar refractivity (Wildman–Crippen MR) is 91.6 cm³/mol. The fourth-order valence-corrected chi connectivity index (χ4v) is 3.17. The van der Waals surface area contributed by atoms with Crippen molar-refractivity contribution in [3.63, 3.8) is 0 Å². The van der Waals surface area contributed by atoms with E-state index < -0.39 is 6.09 Å². The van der Waals surface area contributed by atoms with E-state index in [9.17, 15) is 4.79 Å². The first-order valence-corrected chi connectivity index (χ1v) is 8.00. The van der Waals surface area contributed by atoms with Crippen LogP contribution in [0.5, 0.6) is 0 Å². The molecular weight excluding hydrogens is 288 g/mol. The van der Waals surface area contributed by atoms with Crippen LogP contribution in [-0.2, 0) is 17.6 Å². The Kier molecular flexibility index (Phi) is 4.63. The second-order valence-corrected chi connectivity index (χ2v) is 5.92. The Balaban J connectivity index is 2.03. The lowest BCUT2D eigenvalue weighted by atomic mass is 9.87. The number of nitrogens with one attached hydrogen (secondary N) is 1. The normalized spacial score (nSPS) is 14.7. The third-order valence-electron chi connectivity index (χ3n) is 4.43. The molecule has 0 bridgehead atoms. The summed E-state index contributed by atoms with van der Waals surface area (Å²) in [5.74, 6) is 0. The maximum Gasteiger partial charge on any atom is 0.411 e. The number of hydrogen-bond acceptors (Lipinski definition) is 3. The van der Waals surface area contributed by atoms with Crippen molar-refractivity contribution in [2.24, 2.45) is 5.73 Å². The van der Waals surface area contributed by atoms with Gasteiger partial charge in [-0.05, 0) is 54.0 Å². The molecule has 3 N–H and O–H groups in total. The average Bonchev–Trinajstić information content (AvgIpc) is 2.61. The van der Waals surface area contributed by atoms with Gasteiger partial charge >= 0.3 is 6.09 Å². The second-order valence-electron chi connectivity index (χ2n) is 5.92. The molecule has 2 aromatic rings. The molecule has 0 aromatic heterocycles. The highest BCUT2D eigenvalue weighted by atomic mass is 16.5. The molecule has 1 unspecified atom stereocenters. The zero-order chi connectivity index (χ0) is 16.2. The smallest absolute Gasteiger partial charge is 0.411 e. The lowest BCUT2D eigenvalue weighted by Crippen LogP contribution is -2.19. The Morgan fingerprint density at radius 2 is 1.78 bits per heavy atom. The van der Waals surface area contributed by atoms with E-state index in [1.165, 1.54) is 31.1 Å². The van der Waals surface area contributed by atoms with Crippen molar-refractivity contribution >= 4 is 11.8 Å². The van der Waals surface area contributed by atoms with Gasteiger partial charge in [0.1, 0.15) is 0 Å². The SMILES string of the molecule is COC(=O)Nc1cc2c(cc1C(N)c1ccccc1)CCCC2. The van der Waals surface area contributed by atoms with Crippen molar-refractivity contribution in [1.29, 1.82) is 0 Å². The number of fused-ring (bicyclic) bond motifs is 1. The van der Waals surface area contributed by atoms with E-state index in [0.29, 0.717) is 0 Å². The molecule has 4 nitrogen and oxygen atoms in total. The van der Waals surface area contributed by atoms with Crippen LogP contribution >= 0.6 is 0 Å². The van der Waals surface area contributed by atoms with Crippen LogP contribution in [-0.4, -0.2) is 13.2 Å². The molecule has 0 heterocycles. The highest BCUT2D eigenvalue weighted by molar-refractivity contribution is 5.86. The van der Waals surface area contributed by atoms with Gasteiger partial charge in [-0.15, -0.1) is 0 Å². The molecule has 0 spiro atoms. The number of aryl methyl sites for hydroxylation is 2. The highest BCUT2D eigenvalue weighted by Crippen LogP contribution is 2.33. The van der Waals surface area contributed by atoms with E-state index in [1.807, 2.05) is 30.3 Å². The van der Waals surface area contributed by atoms with Gasteiger partial charge in [-0.25, -0.2) is 4.79 Å². The van der Waals surface area contributed by atoms with Crippen LogP contribution in [0.2, 0.25) is 0 Å². The fraction of sp³-hybridized carbons (Fsp3) is 0.316. The molecular formula is C19H22N2O2. The third kappa shape index (κ3) is 3.37. The van der Waals surface area contributed by atoms with Crippen molar-refractivity contribution in [3.05, 3.63) is 64.7 Å². The van der Waals surface area contributed by atoms with E-state index in [2.05, 4.69) is 17.4 Å². The van der Waals surface area contributed by atoms with Gasteiger partial charge in [0.2, 0.25) is 0 Å². The molecule has 3 rings (SSSR count). The fourth-order valence-electron chi connectivity index (χ4n) is 3.17. The van der Waals surface area contributed by atoms with Crippen LogP contribution in [0.25, 0.3) is 0 Å². The topological polar surface area (TPSA) is 64.3 Å². The molecule has 1 aliphatic rings. The van der Waals surface area contributed by atoms with E-state index in [1.54, 1.807) is 0 Å². The second kappa shape index (κ2) is 6.84. The lowest BCUT2D eigenvalue weighted by Gasteiger charge is -2.23. The number of benzene rings is 2. The summed E-state index contributed by atoms with van der Waals surface area (Å²) in [7, 11) is 1.37. The number of rotatable bonds is 3. The highest BCUT2D eigenvalue weighted by Gasteiger charge is 2.19. The van der Waals surface area contributed by atoms with Crippen LogP contribution in [0.3, 0.4) is 0 Å². The maximum atomic E-state index is 11.7. The Morgan fingerprint density at radius 1 is 1.13 bits per heavy atom. The molecule has 2 aromatic carbocycles. The average molecular weight is 310 g/mol. The first-order valence-electron chi connectivity index (χ1n) is 8.00. The minimum Gasteiger partial charge on any atom is -0.453 e. The van der Waals surface area contributed by atoms with Gasteiger partial charge in [0, 0.05) is 5.69 Å². The minimum atomic E-state index is -0.470. The molecule has 0 radical (unpaired) electrons. The summed E-state index contributed by atoms with van der Waals surface area (Å²) in [5.41, 5.74) is 11.8. The van der Waals surface area contributed by atoms with Gasteiger partial charge in [-0.2, -0.15) is 0 Å². The van der Waals surface area contributed by atoms with Crippen molar-refractivity contribution in [3.8, 4) is 0 Å². The largest absolute Gasteiger partial charge is 0.453 e. The van der Waals surface area contributed by atoms with Crippen molar-refractivity contribution in [1.82, 2.24) is 0 Å². The summed E-state index contributed by atoms with van der Waals surface area (Å²) in [4.78, 5) is 11.7. The minimum absolute atomic E-state index is 0.282. The van der Waals surface area contributed by atoms with Crippen molar-refractivity contribution in [2.75, 3.05) is 12.4 Å². The Morgan fingerprint density at radius 3 is 2.43 bits per heavy atom. The lowest BCUT2D eigenvalue weighted by molar-refractivity contribution is 0.187. The Labute approximate surface area is 136 Å². The summed E-state index contributed by atoms with van der Waals surface area (Å²) in [6.07, 6.45) is 4.04. The number of methoxy groups -OCH3 is 1. The number of ether oxygens (including phenoxy) is 1. The summed E-state index contributed by atoms with van der Waals surface area (Å²) in [6, 6.07) is 13.9. The summed E-state index contributed by atoms with van der Waals surface area (Å²) < 4.78 is 4.75. The van der Waals surface area contributed by atoms with Gasteiger partial charge in [0.05, 0.1) is 13.2 Å². The van der Waals surface area contributed by atoms with Crippen LogP contribution in [0.1, 0.15) is 41.1 Å². The molecule has 1 aliphatic carbocycles.